The second kappa shape index (κ2) is 14.1. The fourth-order valence-corrected chi connectivity index (χ4v) is 3.61. The molecule has 0 saturated heterocycles. The summed E-state index contributed by atoms with van der Waals surface area (Å²) in [6.07, 6.45) is -2.74. The number of aliphatic hydroxyl groups is 2. The number of aliphatic carboxylic acids is 1. The SMILES string of the molecule is CC(O)C(NC(=O)C(NC(=O)C(Cc1ccc(O)cc1)NC(=O)C(N)Cc1ccccc1)C(C)O)C(=O)O. The number of nitrogens with one attached hydrogen (secondary N) is 3. The Morgan fingerprint density at radius 1 is 0.737 bits per heavy atom. The first-order chi connectivity index (χ1) is 17.9. The summed E-state index contributed by atoms with van der Waals surface area (Å²) >= 11 is 0. The van der Waals surface area contributed by atoms with E-state index < -0.39 is 60.1 Å². The summed E-state index contributed by atoms with van der Waals surface area (Å²) in [6.45, 7) is 2.38. The molecule has 0 radical (unpaired) electrons. The molecule has 6 unspecified atom stereocenters. The molecule has 38 heavy (non-hydrogen) atoms. The molecule has 3 amide bonds. The summed E-state index contributed by atoms with van der Waals surface area (Å²) in [6, 6.07) is 9.42. The fraction of sp³-hybridized carbons (Fsp3) is 0.385. The first-order valence-corrected chi connectivity index (χ1v) is 12.0. The molecule has 0 bridgehead atoms. The lowest BCUT2D eigenvalue weighted by atomic mass is 10.0. The quantitative estimate of drug-likeness (QED) is 0.156. The van der Waals surface area contributed by atoms with Crippen molar-refractivity contribution in [2.24, 2.45) is 5.73 Å². The number of carboxylic acids is 1. The topological polar surface area (TPSA) is 211 Å². The van der Waals surface area contributed by atoms with Gasteiger partial charge in [0.1, 0.15) is 17.8 Å². The van der Waals surface area contributed by atoms with Crippen molar-refractivity contribution >= 4 is 23.7 Å². The van der Waals surface area contributed by atoms with Crippen LogP contribution >= 0.6 is 0 Å². The molecule has 0 aliphatic heterocycles. The predicted molar refractivity (Wildman–Crippen MR) is 137 cm³/mol. The number of rotatable bonds is 13. The fourth-order valence-electron chi connectivity index (χ4n) is 3.61. The Labute approximate surface area is 219 Å². The van der Waals surface area contributed by atoms with Gasteiger partial charge in [-0.05, 0) is 43.5 Å². The van der Waals surface area contributed by atoms with Crippen molar-refractivity contribution in [3.8, 4) is 5.75 Å². The van der Waals surface area contributed by atoms with Gasteiger partial charge in [-0.15, -0.1) is 0 Å². The van der Waals surface area contributed by atoms with Gasteiger partial charge in [0.2, 0.25) is 17.7 Å². The van der Waals surface area contributed by atoms with Crippen LogP contribution in [-0.2, 0) is 32.0 Å². The van der Waals surface area contributed by atoms with E-state index in [0.29, 0.717) is 5.56 Å². The van der Waals surface area contributed by atoms with Crippen molar-refractivity contribution in [2.45, 2.75) is 63.1 Å². The summed E-state index contributed by atoms with van der Waals surface area (Å²) in [5.74, 6) is -4.03. The minimum Gasteiger partial charge on any atom is -0.508 e. The molecule has 206 valence electrons. The molecule has 12 nitrogen and oxygen atoms in total. The van der Waals surface area contributed by atoms with Gasteiger partial charge < -0.3 is 42.1 Å². The number of hydrogen-bond acceptors (Lipinski definition) is 8. The van der Waals surface area contributed by atoms with Crippen LogP contribution in [0.25, 0.3) is 0 Å². The van der Waals surface area contributed by atoms with Crippen molar-refractivity contribution in [2.75, 3.05) is 0 Å². The Morgan fingerprint density at radius 2 is 1.26 bits per heavy atom. The van der Waals surface area contributed by atoms with E-state index in [1.54, 1.807) is 36.4 Å². The minimum absolute atomic E-state index is 0.000562. The molecule has 2 aromatic carbocycles. The van der Waals surface area contributed by atoms with Crippen LogP contribution < -0.4 is 21.7 Å². The molecule has 6 atom stereocenters. The van der Waals surface area contributed by atoms with E-state index in [1.165, 1.54) is 19.1 Å². The monoisotopic (exact) mass is 530 g/mol. The first-order valence-electron chi connectivity index (χ1n) is 12.0. The van der Waals surface area contributed by atoms with E-state index in [4.69, 9.17) is 5.73 Å². The third-order valence-electron chi connectivity index (χ3n) is 5.75. The normalized spacial score (nSPS) is 15.7. The largest absolute Gasteiger partial charge is 0.508 e. The first kappa shape index (κ1) is 30.2. The van der Waals surface area contributed by atoms with Crippen LogP contribution in [0.3, 0.4) is 0 Å². The molecule has 0 saturated carbocycles. The lowest BCUT2D eigenvalue weighted by molar-refractivity contribution is -0.146. The molecular weight excluding hydrogens is 496 g/mol. The standard InChI is InChI=1S/C26H34N4O8/c1-14(31)21(25(36)30-22(15(2)32)26(37)38)29-24(35)20(13-17-8-10-18(33)11-9-17)28-23(34)19(27)12-16-6-4-3-5-7-16/h3-11,14-15,19-22,31-33H,12-13,27H2,1-2H3,(H,28,34)(H,29,35)(H,30,36)(H,37,38). The van der Waals surface area contributed by atoms with Gasteiger partial charge in [-0.25, -0.2) is 4.79 Å². The van der Waals surface area contributed by atoms with Gasteiger partial charge in [0.15, 0.2) is 6.04 Å². The number of hydrogen-bond donors (Lipinski definition) is 8. The molecule has 12 heteroatoms. The Kier molecular flexibility index (Phi) is 11.2. The number of carbonyl (C=O) groups excluding carboxylic acids is 3. The van der Waals surface area contributed by atoms with Crippen molar-refractivity contribution in [1.82, 2.24) is 16.0 Å². The highest BCUT2D eigenvalue weighted by atomic mass is 16.4. The summed E-state index contributed by atoms with van der Waals surface area (Å²) in [4.78, 5) is 50.1. The average molecular weight is 531 g/mol. The van der Waals surface area contributed by atoms with E-state index in [-0.39, 0.29) is 18.6 Å². The number of carbonyl (C=O) groups is 4. The lowest BCUT2D eigenvalue weighted by Gasteiger charge is -2.27. The van der Waals surface area contributed by atoms with Crippen LogP contribution in [0, 0.1) is 0 Å². The maximum Gasteiger partial charge on any atom is 0.328 e. The van der Waals surface area contributed by atoms with Gasteiger partial charge in [0.25, 0.3) is 0 Å². The second-order valence-corrected chi connectivity index (χ2v) is 9.02. The molecule has 0 spiro atoms. The summed E-state index contributed by atoms with van der Waals surface area (Å²) in [5, 5.41) is 45.6. The van der Waals surface area contributed by atoms with E-state index in [0.717, 1.165) is 12.5 Å². The van der Waals surface area contributed by atoms with Gasteiger partial charge in [-0.1, -0.05) is 42.5 Å². The molecule has 0 aromatic heterocycles. The molecule has 2 rings (SSSR count). The van der Waals surface area contributed by atoms with E-state index in [2.05, 4.69) is 16.0 Å². The molecule has 0 heterocycles. The van der Waals surface area contributed by atoms with E-state index in [9.17, 15) is 39.6 Å². The van der Waals surface area contributed by atoms with Crippen LogP contribution in [-0.4, -0.2) is 80.5 Å². The van der Waals surface area contributed by atoms with Gasteiger partial charge >= 0.3 is 5.97 Å². The zero-order valence-electron chi connectivity index (χ0n) is 21.1. The number of phenolic OH excluding ortho intramolecular Hbond substituents is 1. The van der Waals surface area contributed by atoms with Crippen molar-refractivity contribution in [3.63, 3.8) is 0 Å². The highest BCUT2D eigenvalue weighted by Gasteiger charge is 2.34. The third-order valence-corrected chi connectivity index (χ3v) is 5.75. The number of amides is 3. The van der Waals surface area contributed by atoms with Gasteiger partial charge in [-0.2, -0.15) is 0 Å². The average Bonchev–Trinajstić information content (AvgIpc) is 2.86. The number of benzene rings is 2. The van der Waals surface area contributed by atoms with Gasteiger partial charge in [-0.3, -0.25) is 14.4 Å². The number of aliphatic hydroxyl groups excluding tert-OH is 2. The van der Waals surface area contributed by atoms with Gasteiger partial charge in [0, 0.05) is 6.42 Å². The van der Waals surface area contributed by atoms with Crippen LogP contribution in [0.2, 0.25) is 0 Å². The second-order valence-electron chi connectivity index (χ2n) is 9.02. The number of aromatic hydroxyl groups is 1. The molecule has 0 aliphatic carbocycles. The van der Waals surface area contributed by atoms with Gasteiger partial charge in [0.05, 0.1) is 18.2 Å². The Balaban J connectivity index is 2.22. The Bertz CT molecular complexity index is 1090. The number of carboxylic acid groups (broad SMARTS) is 1. The summed E-state index contributed by atoms with van der Waals surface area (Å²) in [5.41, 5.74) is 7.44. The number of phenols is 1. The van der Waals surface area contributed by atoms with Crippen LogP contribution in [0.15, 0.2) is 54.6 Å². The maximum atomic E-state index is 13.2. The third kappa shape index (κ3) is 9.14. The van der Waals surface area contributed by atoms with Crippen molar-refractivity contribution in [1.29, 1.82) is 0 Å². The van der Waals surface area contributed by atoms with Crippen molar-refractivity contribution < 1.29 is 39.6 Å². The minimum atomic E-state index is -1.68. The molecular formula is C26H34N4O8. The van der Waals surface area contributed by atoms with E-state index >= 15 is 0 Å². The lowest BCUT2D eigenvalue weighted by Crippen LogP contribution is -2.61. The maximum absolute atomic E-state index is 13.2. The zero-order valence-corrected chi connectivity index (χ0v) is 21.1. The van der Waals surface area contributed by atoms with Crippen LogP contribution in [0.4, 0.5) is 0 Å². The molecule has 0 aliphatic rings. The van der Waals surface area contributed by atoms with Crippen LogP contribution in [0.5, 0.6) is 5.75 Å². The Hall–Kier alpha value is -4.00. The molecule has 9 N–H and O–H groups in total. The summed E-state index contributed by atoms with van der Waals surface area (Å²) in [7, 11) is 0. The van der Waals surface area contributed by atoms with Crippen molar-refractivity contribution in [3.05, 3.63) is 65.7 Å². The predicted octanol–water partition coefficient (Wildman–Crippen LogP) is -1.19. The summed E-state index contributed by atoms with van der Waals surface area (Å²) < 4.78 is 0. The zero-order chi connectivity index (χ0) is 28.4. The smallest absolute Gasteiger partial charge is 0.328 e. The number of nitrogens with two attached hydrogens (primary N) is 1. The molecule has 0 fully saturated rings. The van der Waals surface area contributed by atoms with E-state index in [1.807, 2.05) is 6.07 Å². The Morgan fingerprint density at radius 3 is 1.79 bits per heavy atom. The molecule has 2 aromatic rings. The highest BCUT2D eigenvalue weighted by Crippen LogP contribution is 2.12. The van der Waals surface area contributed by atoms with Crippen LogP contribution in [0.1, 0.15) is 25.0 Å². The highest BCUT2D eigenvalue weighted by molar-refractivity contribution is 5.94.